The number of amides is 1. The Morgan fingerprint density at radius 2 is 2.13 bits per heavy atom. The van der Waals surface area contributed by atoms with Crippen LogP contribution in [0.5, 0.6) is 0 Å². The zero-order valence-electron chi connectivity index (χ0n) is 9.23. The highest BCUT2D eigenvalue weighted by Crippen LogP contribution is 2.06. The van der Waals surface area contributed by atoms with Gasteiger partial charge in [-0.2, -0.15) is 0 Å². The van der Waals surface area contributed by atoms with Crippen molar-refractivity contribution >= 4 is 12.3 Å². The number of hydrogen-bond donors (Lipinski definition) is 3. The van der Waals surface area contributed by atoms with Crippen molar-refractivity contribution in [2.75, 3.05) is 0 Å². The van der Waals surface area contributed by atoms with E-state index >= 15 is 0 Å². The Hall–Kier alpha value is -1.56. The molecule has 0 saturated carbocycles. The molecule has 1 atom stereocenters. The number of nitrogens with one attached hydrogen (secondary N) is 1. The van der Waals surface area contributed by atoms with Crippen LogP contribution in [0.4, 0.5) is 4.79 Å². The summed E-state index contributed by atoms with van der Waals surface area (Å²) in [6, 6.07) is 0. The van der Waals surface area contributed by atoms with Gasteiger partial charge < -0.3 is 10.5 Å². The van der Waals surface area contributed by atoms with Crippen molar-refractivity contribution < 1.29 is 9.53 Å². The van der Waals surface area contributed by atoms with Crippen LogP contribution in [0, 0.1) is 0 Å². The van der Waals surface area contributed by atoms with Crippen LogP contribution in [-0.4, -0.2) is 24.2 Å². The molecule has 0 aromatic heterocycles. The van der Waals surface area contributed by atoms with E-state index in [1.54, 1.807) is 20.8 Å². The topological polar surface area (TPSA) is 103 Å². The molecule has 15 heavy (non-hydrogen) atoms. The minimum absolute atomic E-state index is 0.551. The van der Waals surface area contributed by atoms with Gasteiger partial charge in [0.2, 0.25) is 0 Å². The molecule has 1 amide bonds. The Kier molecular flexibility index (Phi) is 5.40. The highest BCUT2D eigenvalue weighted by atomic mass is 16.6. The summed E-state index contributed by atoms with van der Waals surface area (Å²) in [5, 5.41) is 2.34. The lowest BCUT2D eigenvalue weighted by atomic mass is 10.2. The molecule has 0 aromatic carbocycles. The molecule has 0 spiro atoms. The predicted molar refractivity (Wildman–Crippen MR) is 59.2 cm³/mol. The Morgan fingerprint density at radius 1 is 1.53 bits per heavy atom. The summed E-state index contributed by atoms with van der Waals surface area (Å²) in [5.41, 5.74) is 9.97. The number of rotatable bonds is 3. The van der Waals surface area contributed by atoms with Gasteiger partial charge in [0.15, 0.2) is 6.29 Å². The van der Waals surface area contributed by atoms with Crippen molar-refractivity contribution in [3.8, 4) is 0 Å². The molecule has 0 bridgehead atoms. The summed E-state index contributed by atoms with van der Waals surface area (Å²) < 4.78 is 4.97. The lowest BCUT2D eigenvalue weighted by Gasteiger charge is -2.20. The van der Waals surface area contributed by atoms with Crippen LogP contribution in [0.15, 0.2) is 17.3 Å². The number of carbonyl (C=O) groups is 1. The Balaban J connectivity index is 3.97. The first kappa shape index (κ1) is 13.4. The zero-order valence-corrected chi connectivity index (χ0v) is 9.23. The molecular formula is C9H18N4O2. The number of alkyl carbamates (subject to hydrolysis) is 1. The smallest absolute Gasteiger partial charge is 0.410 e. The highest BCUT2D eigenvalue weighted by molar-refractivity contribution is 5.72. The van der Waals surface area contributed by atoms with Gasteiger partial charge in [-0.15, -0.1) is 0 Å². The van der Waals surface area contributed by atoms with Crippen LogP contribution in [0.25, 0.3) is 0 Å². The fraction of sp³-hybridized carbons (Fsp3) is 0.556. The normalized spacial score (nSPS) is 14.4. The van der Waals surface area contributed by atoms with Gasteiger partial charge in [0.25, 0.3) is 0 Å². The van der Waals surface area contributed by atoms with E-state index in [0.717, 1.165) is 0 Å². The molecule has 0 fully saturated rings. The number of ether oxygens (including phenoxy) is 1. The Morgan fingerprint density at radius 3 is 2.60 bits per heavy atom. The van der Waals surface area contributed by atoms with Crippen LogP contribution in [0.3, 0.4) is 0 Å². The molecule has 1 unspecified atom stereocenters. The van der Waals surface area contributed by atoms with Gasteiger partial charge in [0, 0.05) is 6.21 Å². The predicted octanol–water partition coefficient (Wildman–Crippen LogP) is 0.297. The molecule has 0 rings (SSSR count). The largest absolute Gasteiger partial charge is 0.444 e. The van der Waals surface area contributed by atoms with E-state index in [1.807, 2.05) is 0 Å². The maximum absolute atomic E-state index is 11.2. The Bertz CT molecular complexity index is 255. The minimum atomic E-state index is -0.837. The number of allylic oxidation sites excluding steroid dienone is 1. The number of carbonyl (C=O) groups excluding carboxylic acids is 1. The summed E-state index contributed by atoms with van der Waals surface area (Å²) >= 11 is 0. The molecule has 86 valence electrons. The highest BCUT2D eigenvalue weighted by Gasteiger charge is 2.16. The second-order valence-corrected chi connectivity index (χ2v) is 3.77. The van der Waals surface area contributed by atoms with Crippen molar-refractivity contribution in [2.24, 2.45) is 16.5 Å². The van der Waals surface area contributed by atoms with Gasteiger partial charge in [-0.25, -0.2) is 4.79 Å². The summed E-state index contributed by atoms with van der Waals surface area (Å²) in [7, 11) is 0. The quantitative estimate of drug-likeness (QED) is 0.464. The Labute approximate surface area is 89.4 Å². The fourth-order valence-corrected chi connectivity index (χ4v) is 0.658. The first-order chi connectivity index (χ1) is 6.85. The van der Waals surface area contributed by atoms with E-state index in [9.17, 15) is 4.79 Å². The van der Waals surface area contributed by atoms with Gasteiger partial charge in [-0.1, -0.05) is 0 Å². The first-order valence-corrected chi connectivity index (χ1v) is 4.50. The van der Waals surface area contributed by atoms with Crippen LogP contribution < -0.4 is 16.8 Å². The molecule has 0 aliphatic rings. The molecule has 6 nitrogen and oxygen atoms in total. The second-order valence-electron chi connectivity index (χ2n) is 3.77. The molecule has 0 aromatic rings. The average molecular weight is 214 g/mol. The number of aliphatic imine (C=N–C) groups is 1. The third-order valence-electron chi connectivity index (χ3n) is 1.11. The summed E-state index contributed by atoms with van der Waals surface area (Å²) in [4.78, 5) is 14.9. The van der Waals surface area contributed by atoms with Gasteiger partial charge in [0.1, 0.15) is 5.60 Å². The lowest BCUT2D eigenvalue weighted by Crippen LogP contribution is -2.42. The van der Waals surface area contributed by atoms with Crippen LogP contribution in [-0.2, 0) is 4.74 Å². The molecule has 0 radical (unpaired) electrons. The fourth-order valence-electron chi connectivity index (χ4n) is 0.658. The average Bonchev–Trinajstić information content (AvgIpc) is 2.00. The van der Waals surface area contributed by atoms with E-state index in [1.165, 1.54) is 18.5 Å². The van der Waals surface area contributed by atoms with E-state index < -0.39 is 18.0 Å². The van der Waals surface area contributed by atoms with Crippen molar-refractivity contribution in [2.45, 2.75) is 32.7 Å². The first-order valence-electron chi connectivity index (χ1n) is 4.50. The monoisotopic (exact) mass is 214 g/mol. The standard InChI is InChI=1S/C9H18N4O2/c1-9(2,3)15-8(14)13-7(11)12-6-4-5-10/h4-7H,10-11H2,1-3H3,(H,13,14). The third kappa shape index (κ3) is 8.76. The zero-order chi connectivity index (χ0) is 11.9. The summed E-state index contributed by atoms with van der Waals surface area (Å²) in [5.74, 6) is 0. The van der Waals surface area contributed by atoms with Crippen molar-refractivity contribution in [1.82, 2.24) is 5.32 Å². The molecule has 5 N–H and O–H groups in total. The van der Waals surface area contributed by atoms with E-state index in [4.69, 9.17) is 16.2 Å². The number of nitrogens with two attached hydrogens (primary N) is 2. The van der Waals surface area contributed by atoms with Gasteiger partial charge in [-0.05, 0) is 33.0 Å². The maximum Gasteiger partial charge on any atom is 0.410 e. The second kappa shape index (κ2) is 6.02. The molecule has 0 saturated heterocycles. The van der Waals surface area contributed by atoms with Gasteiger partial charge >= 0.3 is 6.09 Å². The van der Waals surface area contributed by atoms with Crippen LogP contribution in [0.2, 0.25) is 0 Å². The third-order valence-corrected chi connectivity index (χ3v) is 1.11. The molecular weight excluding hydrogens is 196 g/mol. The summed E-state index contributed by atoms with van der Waals surface area (Å²) in [6.45, 7) is 5.29. The number of hydrogen-bond acceptors (Lipinski definition) is 5. The molecule has 0 heterocycles. The lowest BCUT2D eigenvalue weighted by molar-refractivity contribution is 0.0508. The summed E-state index contributed by atoms with van der Waals surface area (Å²) in [6.07, 6.45) is 2.75. The molecule has 0 aliphatic carbocycles. The number of nitrogens with zero attached hydrogens (tertiary/aromatic N) is 1. The van der Waals surface area contributed by atoms with Gasteiger partial charge in [0.05, 0.1) is 0 Å². The SMILES string of the molecule is CC(C)(C)OC(=O)NC(N)N=CC=CN. The minimum Gasteiger partial charge on any atom is -0.444 e. The van der Waals surface area contributed by atoms with Crippen molar-refractivity contribution in [3.63, 3.8) is 0 Å². The van der Waals surface area contributed by atoms with E-state index in [-0.39, 0.29) is 0 Å². The molecule has 0 aliphatic heterocycles. The molecule has 6 heteroatoms. The van der Waals surface area contributed by atoms with Crippen LogP contribution in [0.1, 0.15) is 20.8 Å². The van der Waals surface area contributed by atoms with Crippen LogP contribution >= 0.6 is 0 Å². The van der Waals surface area contributed by atoms with Crippen molar-refractivity contribution in [1.29, 1.82) is 0 Å². The van der Waals surface area contributed by atoms with Crippen molar-refractivity contribution in [3.05, 3.63) is 12.3 Å². The van der Waals surface area contributed by atoms with E-state index in [0.29, 0.717) is 0 Å². The maximum atomic E-state index is 11.2. The van der Waals surface area contributed by atoms with Gasteiger partial charge in [-0.3, -0.25) is 16.0 Å². The van der Waals surface area contributed by atoms with E-state index in [2.05, 4.69) is 10.3 Å².